The molecule has 0 aromatic carbocycles. The van der Waals surface area contributed by atoms with Gasteiger partial charge in [-0.25, -0.2) is 0 Å². The fourth-order valence-electron chi connectivity index (χ4n) is 1.77. The van der Waals surface area contributed by atoms with Gasteiger partial charge >= 0.3 is 0 Å². The van der Waals surface area contributed by atoms with Gasteiger partial charge in [-0.05, 0) is 6.92 Å². The van der Waals surface area contributed by atoms with E-state index in [4.69, 9.17) is 9.47 Å². The van der Waals surface area contributed by atoms with E-state index in [1.807, 2.05) is 6.92 Å². The number of rotatable bonds is 9. The maximum atomic E-state index is 11.4. The van der Waals surface area contributed by atoms with Gasteiger partial charge in [-0.15, -0.1) is 0 Å². The van der Waals surface area contributed by atoms with Crippen LogP contribution in [0.2, 0.25) is 0 Å². The monoisotopic (exact) mass is 259 g/mol. The number of carbonyl (C=O) groups excluding carboxylic acids is 1. The van der Waals surface area contributed by atoms with Crippen LogP contribution in [0, 0.1) is 0 Å². The normalized spacial score (nSPS) is 16.7. The molecule has 1 fully saturated rings. The molecule has 1 rings (SSSR count). The molecular weight excluding hydrogens is 234 g/mol. The van der Waals surface area contributed by atoms with E-state index in [2.05, 4.69) is 15.5 Å². The molecule has 1 aliphatic rings. The third-order valence-corrected chi connectivity index (χ3v) is 2.77. The van der Waals surface area contributed by atoms with E-state index in [1.165, 1.54) is 0 Å². The Balaban J connectivity index is 1.89. The lowest BCUT2D eigenvalue weighted by atomic mass is 10.3. The van der Waals surface area contributed by atoms with Gasteiger partial charge in [0.2, 0.25) is 5.91 Å². The number of ether oxygens (including phenoxy) is 2. The molecule has 0 bridgehead atoms. The van der Waals surface area contributed by atoms with Crippen molar-refractivity contribution in [3.8, 4) is 0 Å². The Kier molecular flexibility index (Phi) is 8.75. The summed E-state index contributed by atoms with van der Waals surface area (Å²) in [6, 6.07) is 0. The minimum absolute atomic E-state index is 0.0540. The number of carbonyl (C=O) groups is 1. The van der Waals surface area contributed by atoms with Gasteiger partial charge in [0.05, 0.1) is 13.2 Å². The second-order valence-corrected chi connectivity index (χ2v) is 4.19. The molecule has 0 aliphatic carbocycles. The minimum Gasteiger partial charge on any atom is -0.379 e. The lowest BCUT2D eigenvalue weighted by Crippen LogP contribution is -2.46. The predicted octanol–water partition coefficient (Wildman–Crippen LogP) is -0.939. The Morgan fingerprint density at radius 2 is 2.00 bits per heavy atom. The molecule has 2 N–H and O–H groups in total. The molecule has 0 atom stereocenters. The summed E-state index contributed by atoms with van der Waals surface area (Å²) in [7, 11) is 0. The molecule has 6 nitrogen and oxygen atoms in total. The standard InChI is InChI=1S/C12H25N3O3/c1-2-17-9-10-18-11-12(16)14-5-8-15-6-3-13-4-7-15/h13H,2-11H2,1H3,(H,14,16). The molecule has 0 radical (unpaired) electrons. The van der Waals surface area contributed by atoms with E-state index in [0.29, 0.717) is 26.4 Å². The summed E-state index contributed by atoms with van der Waals surface area (Å²) >= 11 is 0. The number of hydrogen-bond acceptors (Lipinski definition) is 5. The van der Waals surface area contributed by atoms with E-state index in [-0.39, 0.29) is 12.5 Å². The van der Waals surface area contributed by atoms with Crippen molar-refractivity contribution in [3.05, 3.63) is 0 Å². The van der Waals surface area contributed by atoms with Crippen LogP contribution in [0.25, 0.3) is 0 Å². The molecule has 1 amide bonds. The first-order chi connectivity index (χ1) is 8.83. The fraction of sp³-hybridized carbons (Fsp3) is 0.917. The zero-order chi connectivity index (χ0) is 13.1. The molecule has 0 unspecified atom stereocenters. The number of nitrogens with zero attached hydrogens (tertiary/aromatic N) is 1. The van der Waals surface area contributed by atoms with Gasteiger partial charge < -0.3 is 20.1 Å². The Hall–Kier alpha value is -0.690. The minimum atomic E-state index is -0.0540. The van der Waals surface area contributed by atoms with Crippen LogP contribution < -0.4 is 10.6 Å². The van der Waals surface area contributed by atoms with Crippen molar-refractivity contribution in [2.24, 2.45) is 0 Å². The molecule has 6 heteroatoms. The van der Waals surface area contributed by atoms with Crippen molar-refractivity contribution in [2.75, 3.05) is 65.7 Å². The molecular formula is C12H25N3O3. The summed E-state index contributed by atoms with van der Waals surface area (Å²) in [5, 5.41) is 6.15. The summed E-state index contributed by atoms with van der Waals surface area (Å²) in [6.45, 7) is 9.53. The number of nitrogens with one attached hydrogen (secondary N) is 2. The van der Waals surface area contributed by atoms with Crippen LogP contribution in [0.5, 0.6) is 0 Å². The first-order valence-corrected chi connectivity index (χ1v) is 6.68. The van der Waals surface area contributed by atoms with E-state index in [1.54, 1.807) is 0 Å². The van der Waals surface area contributed by atoms with Crippen molar-refractivity contribution in [3.63, 3.8) is 0 Å². The second-order valence-electron chi connectivity index (χ2n) is 4.19. The molecule has 1 heterocycles. The summed E-state index contributed by atoms with van der Waals surface area (Å²) in [5.74, 6) is -0.0540. The molecule has 18 heavy (non-hydrogen) atoms. The first-order valence-electron chi connectivity index (χ1n) is 6.68. The van der Waals surface area contributed by atoms with Crippen LogP contribution in [-0.4, -0.2) is 76.5 Å². The van der Waals surface area contributed by atoms with Crippen LogP contribution in [0.1, 0.15) is 6.92 Å². The van der Waals surface area contributed by atoms with Crippen molar-refractivity contribution in [1.82, 2.24) is 15.5 Å². The second kappa shape index (κ2) is 10.3. The van der Waals surface area contributed by atoms with Gasteiger partial charge in [0.25, 0.3) is 0 Å². The third-order valence-electron chi connectivity index (χ3n) is 2.77. The Bertz CT molecular complexity index is 221. The van der Waals surface area contributed by atoms with E-state index in [9.17, 15) is 4.79 Å². The lowest BCUT2D eigenvalue weighted by molar-refractivity contribution is -0.126. The highest BCUT2D eigenvalue weighted by Gasteiger charge is 2.09. The topological polar surface area (TPSA) is 62.8 Å². The third kappa shape index (κ3) is 7.60. The zero-order valence-electron chi connectivity index (χ0n) is 11.2. The summed E-state index contributed by atoms with van der Waals surface area (Å²) in [4.78, 5) is 13.7. The highest BCUT2D eigenvalue weighted by Crippen LogP contribution is 1.89. The van der Waals surface area contributed by atoms with Gasteiger partial charge in [-0.2, -0.15) is 0 Å². The molecule has 0 aromatic heterocycles. The van der Waals surface area contributed by atoms with Crippen LogP contribution in [0.3, 0.4) is 0 Å². The summed E-state index contributed by atoms with van der Waals surface area (Å²) in [5.41, 5.74) is 0. The zero-order valence-corrected chi connectivity index (χ0v) is 11.2. The van der Waals surface area contributed by atoms with E-state index >= 15 is 0 Å². The molecule has 0 spiro atoms. The number of hydrogen-bond donors (Lipinski definition) is 2. The fourth-order valence-corrected chi connectivity index (χ4v) is 1.77. The molecule has 1 saturated heterocycles. The Labute approximate surface area is 109 Å². The number of amides is 1. The van der Waals surface area contributed by atoms with E-state index in [0.717, 1.165) is 32.7 Å². The van der Waals surface area contributed by atoms with Gasteiger partial charge in [0.15, 0.2) is 0 Å². The molecule has 1 aliphatic heterocycles. The molecule has 106 valence electrons. The molecule has 0 aromatic rings. The maximum absolute atomic E-state index is 11.4. The average molecular weight is 259 g/mol. The Morgan fingerprint density at radius 3 is 2.72 bits per heavy atom. The average Bonchev–Trinajstić information content (AvgIpc) is 2.40. The highest BCUT2D eigenvalue weighted by atomic mass is 16.5. The Morgan fingerprint density at radius 1 is 1.28 bits per heavy atom. The van der Waals surface area contributed by atoms with Gasteiger partial charge in [-0.3, -0.25) is 9.69 Å². The molecule has 0 saturated carbocycles. The van der Waals surface area contributed by atoms with Crippen molar-refractivity contribution < 1.29 is 14.3 Å². The van der Waals surface area contributed by atoms with Gasteiger partial charge in [0.1, 0.15) is 6.61 Å². The van der Waals surface area contributed by atoms with Crippen LogP contribution >= 0.6 is 0 Å². The largest absolute Gasteiger partial charge is 0.379 e. The highest BCUT2D eigenvalue weighted by molar-refractivity contribution is 5.77. The smallest absolute Gasteiger partial charge is 0.246 e. The van der Waals surface area contributed by atoms with E-state index < -0.39 is 0 Å². The van der Waals surface area contributed by atoms with Crippen molar-refractivity contribution >= 4 is 5.91 Å². The lowest BCUT2D eigenvalue weighted by Gasteiger charge is -2.27. The summed E-state index contributed by atoms with van der Waals surface area (Å²) < 4.78 is 10.3. The maximum Gasteiger partial charge on any atom is 0.246 e. The van der Waals surface area contributed by atoms with Crippen LogP contribution in [0.4, 0.5) is 0 Å². The SMILES string of the molecule is CCOCCOCC(=O)NCCN1CCNCC1. The van der Waals surface area contributed by atoms with Crippen LogP contribution in [0.15, 0.2) is 0 Å². The number of piperazine rings is 1. The van der Waals surface area contributed by atoms with Gasteiger partial charge in [0, 0.05) is 45.9 Å². The van der Waals surface area contributed by atoms with Crippen molar-refractivity contribution in [2.45, 2.75) is 6.92 Å². The summed E-state index contributed by atoms with van der Waals surface area (Å²) in [6.07, 6.45) is 0. The van der Waals surface area contributed by atoms with Crippen molar-refractivity contribution in [1.29, 1.82) is 0 Å². The van der Waals surface area contributed by atoms with Gasteiger partial charge in [-0.1, -0.05) is 0 Å². The quantitative estimate of drug-likeness (QED) is 0.523. The van der Waals surface area contributed by atoms with Crippen LogP contribution in [-0.2, 0) is 14.3 Å². The predicted molar refractivity (Wildman–Crippen MR) is 69.6 cm³/mol. The first kappa shape index (κ1) is 15.4.